The summed E-state index contributed by atoms with van der Waals surface area (Å²) in [6.07, 6.45) is 1.65. The highest BCUT2D eigenvalue weighted by molar-refractivity contribution is 5.57. The summed E-state index contributed by atoms with van der Waals surface area (Å²) in [4.78, 5) is 0. The molecule has 0 aliphatic carbocycles. The zero-order valence-electron chi connectivity index (χ0n) is 12.9. The summed E-state index contributed by atoms with van der Waals surface area (Å²) in [5, 5.41) is 4.37. The Kier molecular flexibility index (Phi) is 3.08. The van der Waals surface area contributed by atoms with Gasteiger partial charge in [0.1, 0.15) is 11.3 Å². The molecule has 1 aromatic carbocycles. The molecule has 112 valence electrons. The quantitative estimate of drug-likeness (QED) is 0.942. The molecule has 3 rings (SSSR count). The van der Waals surface area contributed by atoms with Crippen molar-refractivity contribution in [1.82, 2.24) is 9.78 Å². The van der Waals surface area contributed by atoms with E-state index >= 15 is 0 Å². The van der Waals surface area contributed by atoms with E-state index in [9.17, 15) is 0 Å². The molecule has 1 aliphatic rings. The summed E-state index contributed by atoms with van der Waals surface area (Å²) in [7, 11) is 1.83. The van der Waals surface area contributed by atoms with Gasteiger partial charge in [0, 0.05) is 19.0 Å². The van der Waals surface area contributed by atoms with Crippen molar-refractivity contribution in [1.29, 1.82) is 0 Å². The minimum atomic E-state index is -0.200. The highest BCUT2D eigenvalue weighted by Gasteiger charge is 2.32. The molecule has 5 heteroatoms. The average Bonchev–Trinajstić information content (AvgIpc) is 2.88. The Morgan fingerprint density at radius 3 is 2.86 bits per heavy atom. The van der Waals surface area contributed by atoms with Gasteiger partial charge in [-0.15, -0.1) is 0 Å². The number of hydrogen-bond donors (Lipinski definition) is 1. The number of anilines is 1. The lowest BCUT2D eigenvalue weighted by Crippen LogP contribution is -2.24. The van der Waals surface area contributed by atoms with Gasteiger partial charge in [-0.1, -0.05) is 19.1 Å². The third kappa shape index (κ3) is 2.33. The van der Waals surface area contributed by atoms with E-state index < -0.39 is 0 Å². The predicted octanol–water partition coefficient (Wildman–Crippen LogP) is 3.07. The standard InChI is InChI=1S/C16H21N3O2/c1-5-11-13(17)15(19(4)18-11)20-12-8-6-7-10-9-16(2,3)21-14(10)12/h6-8H,5,9,17H2,1-4H3. The predicted molar refractivity (Wildman–Crippen MR) is 81.9 cm³/mol. The van der Waals surface area contributed by atoms with E-state index in [1.54, 1.807) is 4.68 Å². The number of aromatic nitrogens is 2. The molecule has 1 aromatic heterocycles. The number of ether oxygens (including phenoxy) is 2. The van der Waals surface area contributed by atoms with E-state index in [2.05, 4.69) is 25.0 Å². The van der Waals surface area contributed by atoms with Crippen molar-refractivity contribution in [3.05, 3.63) is 29.5 Å². The number of fused-ring (bicyclic) bond motifs is 1. The summed E-state index contributed by atoms with van der Waals surface area (Å²) in [5.41, 5.74) is 8.51. The molecule has 0 unspecified atom stereocenters. The van der Waals surface area contributed by atoms with Crippen molar-refractivity contribution in [3.63, 3.8) is 0 Å². The Morgan fingerprint density at radius 1 is 1.43 bits per heavy atom. The summed E-state index contributed by atoms with van der Waals surface area (Å²) < 4.78 is 13.7. The van der Waals surface area contributed by atoms with Gasteiger partial charge in [-0.25, -0.2) is 4.68 Å². The average molecular weight is 287 g/mol. The monoisotopic (exact) mass is 287 g/mol. The zero-order chi connectivity index (χ0) is 15.2. The number of para-hydroxylation sites is 1. The van der Waals surface area contributed by atoms with Crippen LogP contribution in [0.3, 0.4) is 0 Å². The first-order valence-electron chi connectivity index (χ1n) is 7.21. The minimum absolute atomic E-state index is 0.200. The molecule has 5 nitrogen and oxygen atoms in total. The number of nitrogens with two attached hydrogens (primary N) is 1. The van der Waals surface area contributed by atoms with Crippen molar-refractivity contribution in [3.8, 4) is 17.4 Å². The molecular weight excluding hydrogens is 266 g/mol. The van der Waals surface area contributed by atoms with Crippen molar-refractivity contribution < 1.29 is 9.47 Å². The fourth-order valence-corrected chi connectivity index (χ4v) is 2.73. The maximum Gasteiger partial charge on any atom is 0.241 e. The number of nitrogens with zero attached hydrogens (tertiary/aromatic N) is 2. The first-order valence-corrected chi connectivity index (χ1v) is 7.21. The molecule has 1 aliphatic heterocycles. The van der Waals surface area contributed by atoms with Crippen LogP contribution in [-0.4, -0.2) is 15.4 Å². The van der Waals surface area contributed by atoms with Crippen molar-refractivity contribution in [2.45, 2.75) is 39.2 Å². The van der Waals surface area contributed by atoms with E-state index in [0.717, 1.165) is 29.8 Å². The van der Waals surface area contributed by atoms with Gasteiger partial charge in [-0.2, -0.15) is 5.10 Å². The van der Waals surface area contributed by atoms with Crippen molar-refractivity contribution >= 4 is 5.69 Å². The van der Waals surface area contributed by atoms with Gasteiger partial charge in [0.05, 0.1) is 5.69 Å². The molecule has 0 fully saturated rings. The van der Waals surface area contributed by atoms with E-state index in [1.165, 1.54) is 0 Å². The second kappa shape index (κ2) is 4.69. The Hall–Kier alpha value is -2.17. The number of rotatable bonds is 3. The second-order valence-electron chi connectivity index (χ2n) is 6.03. The van der Waals surface area contributed by atoms with Gasteiger partial charge in [0.2, 0.25) is 5.88 Å². The first kappa shape index (κ1) is 13.8. The fourth-order valence-electron chi connectivity index (χ4n) is 2.73. The molecule has 2 heterocycles. The van der Waals surface area contributed by atoms with Crippen LogP contribution < -0.4 is 15.2 Å². The molecule has 0 spiro atoms. The fraction of sp³-hybridized carbons (Fsp3) is 0.438. The van der Waals surface area contributed by atoms with E-state index in [4.69, 9.17) is 15.2 Å². The largest absolute Gasteiger partial charge is 0.483 e. The van der Waals surface area contributed by atoms with Crippen LogP contribution in [0.1, 0.15) is 32.0 Å². The Morgan fingerprint density at radius 2 is 2.19 bits per heavy atom. The molecule has 0 radical (unpaired) electrons. The van der Waals surface area contributed by atoms with Gasteiger partial charge < -0.3 is 15.2 Å². The number of hydrogen-bond acceptors (Lipinski definition) is 4. The molecule has 0 amide bonds. The van der Waals surface area contributed by atoms with E-state index in [0.29, 0.717) is 17.3 Å². The number of aryl methyl sites for hydroxylation is 2. The van der Waals surface area contributed by atoms with Gasteiger partial charge in [-0.3, -0.25) is 0 Å². The Bertz CT molecular complexity index is 689. The highest BCUT2D eigenvalue weighted by atomic mass is 16.5. The maximum absolute atomic E-state index is 6.11. The molecule has 2 aromatic rings. The summed E-state index contributed by atoms with van der Waals surface area (Å²) in [6.45, 7) is 6.17. The van der Waals surface area contributed by atoms with Crippen LogP contribution in [0.5, 0.6) is 17.4 Å². The third-order valence-corrected chi connectivity index (χ3v) is 3.70. The van der Waals surface area contributed by atoms with Crippen LogP contribution in [-0.2, 0) is 19.9 Å². The molecule has 0 atom stereocenters. The minimum Gasteiger partial charge on any atom is -0.483 e. The lowest BCUT2D eigenvalue weighted by molar-refractivity contribution is 0.134. The van der Waals surface area contributed by atoms with E-state index in [-0.39, 0.29) is 5.60 Å². The van der Waals surface area contributed by atoms with Crippen LogP contribution in [0.25, 0.3) is 0 Å². The summed E-state index contributed by atoms with van der Waals surface area (Å²) in [5.74, 6) is 2.06. The molecule has 21 heavy (non-hydrogen) atoms. The Labute approximate surface area is 124 Å². The van der Waals surface area contributed by atoms with Crippen LogP contribution in [0.15, 0.2) is 18.2 Å². The van der Waals surface area contributed by atoms with Gasteiger partial charge >= 0.3 is 0 Å². The number of benzene rings is 1. The van der Waals surface area contributed by atoms with Gasteiger partial charge in [0.15, 0.2) is 11.5 Å². The highest BCUT2D eigenvalue weighted by Crippen LogP contribution is 2.44. The number of nitrogen functional groups attached to an aromatic ring is 1. The maximum atomic E-state index is 6.11. The molecule has 0 bridgehead atoms. The topological polar surface area (TPSA) is 62.3 Å². The molecule has 0 saturated carbocycles. The van der Waals surface area contributed by atoms with Crippen molar-refractivity contribution in [2.24, 2.45) is 7.05 Å². The lowest BCUT2D eigenvalue weighted by atomic mass is 10.0. The molecular formula is C16H21N3O2. The third-order valence-electron chi connectivity index (χ3n) is 3.70. The van der Waals surface area contributed by atoms with Crippen LogP contribution in [0.2, 0.25) is 0 Å². The van der Waals surface area contributed by atoms with Crippen molar-refractivity contribution in [2.75, 3.05) is 5.73 Å². The second-order valence-corrected chi connectivity index (χ2v) is 6.03. The first-order chi connectivity index (χ1) is 9.91. The zero-order valence-corrected chi connectivity index (χ0v) is 12.9. The smallest absolute Gasteiger partial charge is 0.241 e. The lowest BCUT2D eigenvalue weighted by Gasteiger charge is -2.18. The summed E-state index contributed by atoms with van der Waals surface area (Å²) >= 11 is 0. The van der Waals surface area contributed by atoms with Gasteiger partial charge in [0.25, 0.3) is 0 Å². The van der Waals surface area contributed by atoms with Crippen LogP contribution >= 0.6 is 0 Å². The summed E-state index contributed by atoms with van der Waals surface area (Å²) in [6, 6.07) is 5.95. The van der Waals surface area contributed by atoms with Crippen LogP contribution in [0.4, 0.5) is 5.69 Å². The SMILES string of the molecule is CCc1nn(C)c(Oc2cccc3c2OC(C)(C)C3)c1N. The molecule has 0 saturated heterocycles. The van der Waals surface area contributed by atoms with E-state index in [1.807, 2.05) is 26.1 Å². The normalized spacial score (nSPS) is 15.6. The van der Waals surface area contributed by atoms with Crippen LogP contribution in [0, 0.1) is 0 Å². The molecule has 2 N–H and O–H groups in total. The Balaban J connectivity index is 1.98. The van der Waals surface area contributed by atoms with Gasteiger partial charge in [-0.05, 0) is 26.3 Å².